The predicted molar refractivity (Wildman–Crippen MR) is 67.2 cm³/mol. The van der Waals surface area contributed by atoms with Gasteiger partial charge in [-0.05, 0) is 19.3 Å². The number of carboxylic acids is 1. The van der Waals surface area contributed by atoms with Gasteiger partial charge in [-0.3, -0.25) is 4.79 Å². The Kier molecular flexibility index (Phi) is 4.50. The van der Waals surface area contributed by atoms with Gasteiger partial charge in [-0.1, -0.05) is 6.42 Å². The van der Waals surface area contributed by atoms with E-state index in [9.17, 15) is 4.79 Å². The van der Waals surface area contributed by atoms with Gasteiger partial charge < -0.3 is 10.4 Å². The largest absolute Gasteiger partial charge is 0.481 e. The topological polar surface area (TPSA) is 62.2 Å². The van der Waals surface area contributed by atoms with Crippen LogP contribution in [0, 0.1) is 5.92 Å². The maximum Gasteiger partial charge on any atom is 0.306 e. The zero-order valence-corrected chi connectivity index (χ0v) is 10.6. The van der Waals surface area contributed by atoms with Crippen LogP contribution < -0.4 is 5.32 Å². The van der Waals surface area contributed by atoms with E-state index in [1.807, 2.05) is 11.6 Å². The van der Waals surface area contributed by atoms with Gasteiger partial charge in [-0.25, -0.2) is 4.98 Å². The van der Waals surface area contributed by atoms with Gasteiger partial charge in [0.1, 0.15) is 0 Å². The molecule has 5 heteroatoms. The molecule has 2 unspecified atom stereocenters. The molecule has 1 aliphatic rings. The average Bonchev–Trinajstić information content (AvgIpc) is 2.82. The first kappa shape index (κ1) is 12.5. The van der Waals surface area contributed by atoms with Crippen molar-refractivity contribution in [1.82, 2.24) is 10.3 Å². The summed E-state index contributed by atoms with van der Waals surface area (Å²) < 4.78 is 0. The molecule has 0 aromatic carbocycles. The Labute approximate surface area is 105 Å². The summed E-state index contributed by atoms with van der Waals surface area (Å²) in [5.41, 5.74) is 0. The lowest BCUT2D eigenvalue weighted by molar-refractivity contribution is -0.143. The third kappa shape index (κ3) is 3.78. The third-order valence-corrected chi connectivity index (χ3v) is 4.12. The van der Waals surface area contributed by atoms with Crippen molar-refractivity contribution in [3.63, 3.8) is 0 Å². The lowest BCUT2D eigenvalue weighted by Gasteiger charge is -2.27. The van der Waals surface area contributed by atoms with E-state index in [0.29, 0.717) is 6.04 Å². The highest BCUT2D eigenvalue weighted by Crippen LogP contribution is 2.24. The number of hydrogen-bond acceptors (Lipinski definition) is 4. The monoisotopic (exact) mass is 254 g/mol. The van der Waals surface area contributed by atoms with Crippen molar-refractivity contribution in [2.24, 2.45) is 5.92 Å². The maximum atomic E-state index is 10.9. The smallest absolute Gasteiger partial charge is 0.306 e. The second-order valence-corrected chi connectivity index (χ2v) is 5.51. The SMILES string of the molecule is O=C(O)C1CCCC(NCCc2nccs2)C1. The van der Waals surface area contributed by atoms with Gasteiger partial charge in [0.2, 0.25) is 0 Å². The van der Waals surface area contributed by atoms with Gasteiger partial charge >= 0.3 is 5.97 Å². The molecule has 1 saturated carbocycles. The molecule has 1 aliphatic carbocycles. The molecular formula is C12H18N2O2S. The standard InChI is InChI=1S/C12H18N2O2S/c15-12(16)9-2-1-3-10(8-9)13-5-4-11-14-6-7-17-11/h6-7,9-10,13H,1-5,8H2,(H,15,16). The number of nitrogens with zero attached hydrogens (tertiary/aromatic N) is 1. The normalized spacial score (nSPS) is 24.7. The molecular weight excluding hydrogens is 236 g/mol. The van der Waals surface area contributed by atoms with Crippen molar-refractivity contribution in [2.75, 3.05) is 6.54 Å². The molecule has 1 fully saturated rings. The molecule has 1 aromatic heterocycles. The number of hydrogen-bond donors (Lipinski definition) is 2. The summed E-state index contributed by atoms with van der Waals surface area (Å²) in [4.78, 5) is 15.2. The number of thiazole rings is 1. The van der Waals surface area contributed by atoms with E-state index in [0.717, 1.165) is 43.7 Å². The maximum absolute atomic E-state index is 10.9. The zero-order chi connectivity index (χ0) is 12.1. The molecule has 2 N–H and O–H groups in total. The highest BCUT2D eigenvalue weighted by Gasteiger charge is 2.26. The van der Waals surface area contributed by atoms with E-state index < -0.39 is 5.97 Å². The zero-order valence-electron chi connectivity index (χ0n) is 9.76. The average molecular weight is 254 g/mol. The summed E-state index contributed by atoms with van der Waals surface area (Å²) >= 11 is 1.67. The molecule has 94 valence electrons. The fraction of sp³-hybridized carbons (Fsp3) is 0.667. The van der Waals surface area contributed by atoms with Gasteiger partial charge in [-0.15, -0.1) is 11.3 Å². The van der Waals surface area contributed by atoms with Gasteiger partial charge in [0, 0.05) is 30.6 Å². The minimum atomic E-state index is -0.642. The van der Waals surface area contributed by atoms with Gasteiger partial charge in [0.15, 0.2) is 0 Å². The van der Waals surface area contributed by atoms with Crippen LogP contribution in [0.5, 0.6) is 0 Å². The molecule has 0 amide bonds. The van der Waals surface area contributed by atoms with E-state index in [1.54, 1.807) is 11.3 Å². The minimum absolute atomic E-state index is 0.152. The summed E-state index contributed by atoms with van der Waals surface area (Å²) in [6.07, 6.45) is 6.48. The van der Waals surface area contributed by atoms with E-state index in [-0.39, 0.29) is 5.92 Å². The van der Waals surface area contributed by atoms with Crippen LogP contribution in [0.15, 0.2) is 11.6 Å². The number of rotatable bonds is 5. The fourth-order valence-electron chi connectivity index (χ4n) is 2.36. The molecule has 0 saturated heterocycles. The summed E-state index contributed by atoms with van der Waals surface area (Å²) in [5.74, 6) is -0.794. The van der Waals surface area contributed by atoms with Crippen molar-refractivity contribution in [3.8, 4) is 0 Å². The summed E-state index contributed by atoms with van der Waals surface area (Å²) in [5, 5.41) is 15.6. The Balaban J connectivity index is 1.70. The Hall–Kier alpha value is -0.940. The minimum Gasteiger partial charge on any atom is -0.481 e. The van der Waals surface area contributed by atoms with Crippen LogP contribution in [-0.2, 0) is 11.2 Å². The van der Waals surface area contributed by atoms with E-state index in [4.69, 9.17) is 5.11 Å². The van der Waals surface area contributed by atoms with Crippen molar-refractivity contribution in [1.29, 1.82) is 0 Å². The van der Waals surface area contributed by atoms with Crippen molar-refractivity contribution < 1.29 is 9.90 Å². The second-order valence-electron chi connectivity index (χ2n) is 4.53. The van der Waals surface area contributed by atoms with Crippen LogP contribution in [0.3, 0.4) is 0 Å². The van der Waals surface area contributed by atoms with Crippen LogP contribution in [-0.4, -0.2) is 28.6 Å². The molecule has 1 aromatic rings. The number of carboxylic acid groups (broad SMARTS) is 1. The molecule has 0 spiro atoms. The van der Waals surface area contributed by atoms with Crippen LogP contribution in [0.25, 0.3) is 0 Å². The van der Waals surface area contributed by atoms with Crippen molar-refractivity contribution in [3.05, 3.63) is 16.6 Å². The number of nitrogens with one attached hydrogen (secondary N) is 1. The Morgan fingerprint density at radius 3 is 3.18 bits per heavy atom. The second kappa shape index (κ2) is 6.12. The molecule has 0 radical (unpaired) electrons. The highest BCUT2D eigenvalue weighted by molar-refractivity contribution is 7.09. The number of aliphatic carboxylic acids is 1. The Morgan fingerprint density at radius 1 is 1.59 bits per heavy atom. The van der Waals surface area contributed by atoms with Crippen molar-refractivity contribution >= 4 is 17.3 Å². The van der Waals surface area contributed by atoms with E-state index in [2.05, 4.69) is 10.3 Å². The van der Waals surface area contributed by atoms with Crippen LogP contribution in [0.4, 0.5) is 0 Å². The first-order chi connectivity index (χ1) is 8.25. The van der Waals surface area contributed by atoms with Crippen LogP contribution in [0.1, 0.15) is 30.7 Å². The fourth-order valence-corrected chi connectivity index (χ4v) is 2.98. The van der Waals surface area contributed by atoms with Gasteiger partial charge in [0.25, 0.3) is 0 Å². The number of carbonyl (C=O) groups is 1. The molecule has 4 nitrogen and oxygen atoms in total. The lowest BCUT2D eigenvalue weighted by Crippen LogP contribution is -2.37. The molecule has 17 heavy (non-hydrogen) atoms. The van der Waals surface area contributed by atoms with E-state index >= 15 is 0 Å². The first-order valence-corrected chi connectivity index (χ1v) is 6.98. The van der Waals surface area contributed by atoms with Crippen LogP contribution in [0.2, 0.25) is 0 Å². The Bertz CT molecular complexity index is 353. The van der Waals surface area contributed by atoms with E-state index in [1.165, 1.54) is 0 Å². The van der Waals surface area contributed by atoms with Crippen molar-refractivity contribution in [2.45, 2.75) is 38.1 Å². The Morgan fingerprint density at radius 2 is 2.47 bits per heavy atom. The molecule has 2 atom stereocenters. The van der Waals surface area contributed by atoms with Crippen LogP contribution >= 0.6 is 11.3 Å². The van der Waals surface area contributed by atoms with Gasteiger partial charge in [0.05, 0.1) is 10.9 Å². The summed E-state index contributed by atoms with van der Waals surface area (Å²) in [7, 11) is 0. The molecule has 1 heterocycles. The third-order valence-electron chi connectivity index (χ3n) is 3.28. The number of aromatic nitrogens is 1. The predicted octanol–water partition coefficient (Wildman–Crippen LogP) is 1.92. The molecule has 2 rings (SSSR count). The lowest BCUT2D eigenvalue weighted by atomic mass is 9.86. The molecule has 0 bridgehead atoms. The summed E-state index contributed by atoms with van der Waals surface area (Å²) in [6, 6.07) is 0.366. The highest BCUT2D eigenvalue weighted by atomic mass is 32.1. The first-order valence-electron chi connectivity index (χ1n) is 6.10. The summed E-state index contributed by atoms with van der Waals surface area (Å²) in [6.45, 7) is 0.893. The quantitative estimate of drug-likeness (QED) is 0.842. The molecule has 0 aliphatic heterocycles. The van der Waals surface area contributed by atoms with Gasteiger partial charge in [-0.2, -0.15) is 0 Å².